The highest BCUT2D eigenvalue weighted by molar-refractivity contribution is 5.79. The number of pyridine rings is 1. The normalized spacial score (nSPS) is 20.6. The summed E-state index contributed by atoms with van der Waals surface area (Å²) in [7, 11) is 0. The molecule has 0 saturated carbocycles. The summed E-state index contributed by atoms with van der Waals surface area (Å²) in [6.45, 7) is 1.10. The molecule has 3 heterocycles. The second-order valence-electron chi connectivity index (χ2n) is 8.27. The van der Waals surface area contributed by atoms with Gasteiger partial charge in [-0.05, 0) is 36.2 Å². The van der Waals surface area contributed by atoms with E-state index in [0.717, 1.165) is 11.6 Å². The number of nitrogens with one attached hydrogen (secondary N) is 1. The zero-order chi connectivity index (χ0) is 22.9. The zero-order valence-electron chi connectivity index (χ0n) is 17.2. The first-order valence-electron chi connectivity index (χ1n) is 10.4. The highest BCUT2D eigenvalue weighted by Gasteiger charge is 2.38. The third kappa shape index (κ3) is 5.28. The second kappa shape index (κ2) is 8.55. The predicted molar refractivity (Wildman–Crippen MR) is 110 cm³/mol. The number of aromatic nitrogens is 1. The second-order valence-corrected chi connectivity index (χ2v) is 8.27. The Bertz CT molecular complexity index is 946. The van der Waals surface area contributed by atoms with E-state index < -0.39 is 17.8 Å². The summed E-state index contributed by atoms with van der Waals surface area (Å²) in [4.78, 5) is 19.4. The molecule has 5 nitrogen and oxygen atoms in total. The van der Waals surface area contributed by atoms with Crippen molar-refractivity contribution in [3.8, 4) is 0 Å². The van der Waals surface area contributed by atoms with Crippen LogP contribution in [0.15, 0.2) is 42.6 Å². The van der Waals surface area contributed by atoms with E-state index in [1.807, 2.05) is 4.90 Å². The summed E-state index contributed by atoms with van der Waals surface area (Å²) in [6.07, 6.45) is -2.59. The molecule has 1 amide bonds. The van der Waals surface area contributed by atoms with Crippen molar-refractivity contribution in [3.63, 3.8) is 0 Å². The molecule has 1 aromatic heterocycles. The Morgan fingerprint density at radius 3 is 2.38 bits per heavy atom. The maximum absolute atomic E-state index is 13.4. The highest BCUT2D eigenvalue weighted by atomic mass is 19.4. The highest BCUT2D eigenvalue weighted by Crippen LogP contribution is 2.31. The summed E-state index contributed by atoms with van der Waals surface area (Å²) >= 11 is 0. The van der Waals surface area contributed by atoms with Crippen LogP contribution in [0.25, 0.3) is 0 Å². The Hall–Kier alpha value is -2.91. The van der Waals surface area contributed by atoms with Gasteiger partial charge in [0, 0.05) is 37.8 Å². The van der Waals surface area contributed by atoms with E-state index >= 15 is 0 Å². The number of carbonyl (C=O) groups excluding carboxylic acids is 1. The van der Waals surface area contributed by atoms with Crippen LogP contribution in [0.3, 0.4) is 0 Å². The van der Waals surface area contributed by atoms with Crippen LogP contribution in [0.1, 0.15) is 24.1 Å². The van der Waals surface area contributed by atoms with Crippen LogP contribution in [-0.4, -0.2) is 49.0 Å². The molecule has 0 aliphatic carbocycles. The molecule has 0 spiro atoms. The number of amides is 1. The Morgan fingerprint density at radius 1 is 1.06 bits per heavy atom. The van der Waals surface area contributed by atoms with Gasteiger partial charge in [0.15, 0.2) is 0 Å². The van der Waals surface area contributed by atoms with Crippen molar-refractivity contribution in [2.45, 2.75) is 37.4 Å². The van der Waals surface area contributed by atoms with Crippen molar-refractivity contribution < 1.29 is 26.7 Å². The molecule has 1 aromatic carbocycles. The number of halogens is 5. The average Bonchev–Trinajstić information content (AvgIpc) is 3.34. The third-order valence-corrected chi connectivity index (χ3v) is 5.79. The first-order chi connectivity index (χ1) is 15.1. The monoisotopic (exact) mass is 454 g/mol. The molecule has 1 atom stereocenters. The van der Waals surface area contributed by atoms with Crippen molar-refractivity contribution in [3.05, 3.63) is 53.9 Å². The molecule has 10 heteroatoms. The predicted octanol–water partition coefficient (Wildman–Crippen LogP) is 3.88. The van der Waals surface area contributed by atoms with Crippen LogP contribution in [0, 0.1) is 0 Å². The van der Waals surface area contributed by atoms with Crippen LogP contribution < -0.4 is 15.1 Å². The number of hydrogen-bond acceptors (Lipinski definition) is 4. The Kier molecular flexibility index (Phi) is 5.96. The summed E-state index contributed by atoms with van der Waals surface area (Å²) in [5.74, 6) is -2.83. The van der Waals surface area contributed by atoms with Gasteiger partial charge in [-0.1, -0.05) is 12.1 Å². The topological polar surface area (TPSA) is 48.5 Å². The minimum atomic E-state index is -4.47. The fraction of sp³-hybridized carbons (Fsp3) is 0.455. The van der Waals surface area contributed by atoms with Crippen LogP contribution >= 0.6 is 0 Å². The molecule has 1 N–H and O–H groups in total. The van der Waals surface area contributed by atoms with E-state index in [1.54, 1.807) is 29.2 Å². The molecule has 2 aliphatic rings. The van der Waals surface area contributed by atoms with E-state index in [9.17, 15) is 26.7 Å². The minimum Gasteiger partial charge on any atom is -0.368 e. The largest absolute Gasteiger partial charge is 0.433 e. The molecule has 2 fully saturated rings. The molecule has 32 heavy (non-hydrogen) atoms. The lowest BCUT2D eigenvalue weighted by molar-refractivity contribution is -0.141. The Labute approximate surface area is 182 Å². The standard InChI is InChI=1S/C22H23F5N4O/c23-21(24)8-10-31(14-21)17-3-1-15(2-4-17)11-20(32)29-16-7-9-30(13-16)18-5-6-19(28-12-18)22(25,26)27/h1-6,12,16H,7-11,13-14H2,(H,29,32). The lowest BCUT2D eigenvalue weighted by Crippen LogP contribution is -2.38. The fourth-order valence-corrected chi connectivity index (χ4v) is 4.10. The number of carbonyl (C=O) groups is 1. The van der Waals surface area contributed by atoms with Crippen molar-refractivity contribution in [2.24, 2.45) is 0 Å². The summed E-state index contributed by atoms with van der Waals surface area (Å²) in [5, 5.41) is 2.95. The van der Waals surface area contributed by atoms with Gasteiger partial charge in [0.1, 0.15) is 5.69 Å². The van der Waals surface area contributed by atoms with Crippen LogP contribution in [0.5, 0.6) is 0 Å². The zero-order valence-corrected chi connectivity index (χ0v) is 17.2. The number of nitrogens with zero attached hydrogens (tertiary/aromatic N) is 3. The summed E-state index contributed by atoms with van der Waals surface area (Å²) < 4.78 is 64.7. The van der Waals surface area contributed by atoms with Crippen LogP contribution in [0.2, 0.25) is 0 Å². The van der Waals surface area contributed by atoms with E-state index in [4.69, 9.17) is 0 Å². The lowest BCUT2D eigenvalue weighted by Gasteiger charge is -2.19. The molecular formula is C22H23F5N4O. The molecular weight excluding hydrogens is 431 g/mol. The maximum atomic E-state index is 13.4. The van der Waals surface area contributed by atoms with E-state index in [0.29, 0.717) is 37.4 Å². The quantitative estimate of drug-likeness (QED) is 0.697. The fourth-order valence-electron chi connectivity index (χ4n) is 4.10. The molecule has 2 aliphatic heterocycles. The molecule has 0 bridgehead atoms. The molecule has 1 unspecified atom stereocenters. The summed E-state index contributed by atoms with van der Waals surface area (Å²) in [6, 6.07) is 9.25. The van der Waals surface area contributed by atoms with Gasteiger partial charge in [-0.2, -0.15) is 13.2 Å². The smallest absolute Gasteiger partial charge is 0.368 e. The minimum absolute atomic E-state index is 0.115. The number of alkyl halides is 5. The average molecular weight is 454 g/mol. The van der Waals surface area contributed by atoms with Gasteiger partial charge < -0.3 is 15.1 Å². The van der Waals surface area contributed by atoms with Crippen molar-refractivity contribution >= 4 is 17.3 Å². The molecule has 0 radical (unpaired) electrons. The Balaban J connectivity index is 1.27. The van der Waals surface area contributed by atoms with Crippen molar-refractivity contribution in [1.29, 1.82) is 0 Å². The number of rotatable bonds is 5. The molecule has 4 rings (SSSR count). The number of hydrogen-bond donors (Lipinski definition) is 1. The van der Waals surface area contributed by atoms with Crippen LogP contribution in [-0.2, 0) is 17.4 Å². The molecule has 172 valence electrons. The van der Waals surface area contributed by atoms with E-state index in [-0.39, 0.29) is 31.3 Å². The van der Waals surface area contributed by atoms with E-state index in [2.05, 4.69) is 10.3 Å². The van der Waals surface area contributed by atoms with Gasteiger partial charge in [-0.15, -0.1) is 0 Å². The Morgan fingerprint density at radius 2 is 1.78 bits per heavy atom. The SMILES string of the molecule is O=C(Cc1ccc(N2CCC(F)(F)C2)cc1)NC1CCN(c2ccc(C(F)(F)F)nc2)C1. The third-order valence-electron chi connectivity index (χ3n) is 5.79. The molecule has 2 saturated heterocycles. The maximum Gasteiger partial charge on any atom is 0.433 e. The van der Waals surface area contributed by atoms with Crippen LogP contribution in [0.4, 0.5) is 33.3 Å². The number of anilines is 2. The first kappa shape index (κ1) is 22.3. The van der Waals surface area contributed by atoms with Crippen molar-refractivity contribution in [1.82, 2.24) is 10.3 Å². The van der Waals surface area contributed by atoms with Gasteiger partial charge in [-0.25, -0.2) is 13.8 Å². The summed E-state index contributed by atoms with van der Waals surface area (Å²) in [5.41, 5.74) is 1.13. The molecule has 2 aromatic rings. The first-order valence-corrected chi connectivity index (χ1v) is 10.4. The number of benzene rings is 1. The van der Waals surface area contributed by atoms with Crippen molar-refractivity contribution in [2.75, 3.05) is 36.0 Å². The van der Waals surface area contributed by atoms with Gasteiger partial charge in [0.25, 0.3) is 5.92 Å². The van der Waals surface area contributed by atoms with Gasteiger partial charge in [0.2, 0.25) is 5.91 Å². The van der Waals surface area contributed by atoms with Gasteiger partial charge in [0.05, 0.1) is 24.8 Å². The lowest BCUT2D eigenvalue weighted by atomic mass is 10.1. The van der Waals surface area contributed by atoms with E-state index in [1.165, 1.54) is 12.3 Å². The van der Waals surface area contributed by atoms with Gasteiger partial charge in [-0.3, -0.25) is 4.79 Å². The van der Waals surface area contributed by atoms with Gasteiger partial charge >= 0.3 is 6.18 Å².